The molecule has 0 radical (unpaired) electrons. The summed E-state index contributed by atoms with van der Waals surface area (Å²) in [6, 6.07) is 23.5. The minimum absolute atomic E-state index is 0.149. The smallest absolute Gasteiger partial charge is 0.128 e. The molecule has 1 unspecified atom stereocenters. The molecule has 3 aromatic carbocycles. The number of fused-ring (bicyclic) bond motifs is 2. The van der Waals surface area contributed by atoms with Crippen LogP contribution in [-0.4, -0.2) is 0 Å². The molecule has 0 fully saturated rings. The van der Waals surface area contributed by atoms with Gasteiger partial charge in [-0.3, -0.25) is 0 Å². The Morgan fingerprint density at radius 3 is 2.59 bits per heavy atom. The van der Waals surface area contributed by atoms with Crippen LogP contribution in [0.4, 0.5) is 0 Å². The van der Waals surface area contributed by atoms with E-state index in [0.29, 0.717) is 5.92 Å². The molecule has 110 valence electrons. The Bertz CT molecular complexity index is 800. The summed E-state index contributed by atoms with van der Waals surface area (Å²) in [5, 5.41) is 2.43. The summed E-state index contributed by atoms with van der Waals surface area (Å²) in [5.41, 5.74) is 2.79. The van der Waals surface area contributed by atoms with Gasteiger partial charge in [-0.05, 0) is 41.3 Å². The van der Waals surface area contributed by atoms with Crippen molar-refractivity contribution < 1.29 is 4.74 Å². The van der Waals surface area contributed by atoms with Gasteiger partial charge in [-0.1, -0.05) is 67.6 Å². The molecule has 2 atom stereocenters. The van der Waals surface area contributed by atoms with Gasteiger partial charge in [-0.2, -0.15) is 0 Å². The van der Waals surface area contributed by atoms with E-state index >= 15 is 0 Å². The lowest BCUT2D eigenvalue weighted by Gasteiger charge is -2.32. The molecule has 1 nitrogen and oxygen atoms in total. The third-order valence-corrected chi connectivity index (χ3v) is 4.75. The molecule has 22 heavy (non-hydrogen) atoms. The van der Waals surface area contributed by atoms with E-state index in [-0.39, 0.29) is 6.10 Å². The lowest BCUT2D eigenvalue weighted by Crippen LogP contribution is -2.23. The molecule has 0 aliphatic heterocycles. The first-order valence-corrected chi connectivity index (χ1v) is 8.05. The second-order valence-corrected chi connectivity index (χ2v) is 6.23. The molecule has 4 rings (SSSR count). The zero-order chi connectivity index (χ0) is 14.9. The van der Waals surface area contributed by atoms with Gasteiger partial charge in [-0.15, -0.1) is 0 Å². The Labute approximate surface area is 131 Å². The quantitative estimate of drug-likeness (QED) is 0.601. The maximum Gasteiger partial charge on any atom is 0.128 e. The molecule has 0 saturated carbocycles. The molecule has 3 aromatic rings. The van der Waals surface area contributed by atoms with Crippen LogP contribution in [0.5, 0.6) is 5.75 Å². The number of benzene rings is 3. The highest BCUT2D eigenvalue weighted by Crippen LogP contribution is 2.39. The molecule has 0 amide bonds. The Balaban J connectivity index is 1.76. The van der Waals surface area contributed by atoms with E-state index in [1.54, 1.807) is 0 Å². The van der Waals surface area contributed by atoms with E-state index in [1.807, 2.05) is 0 Å². The number of aryl methyl sites for hydroxylation is 1. The Hall–Kier alpha value is -2.28. The second-order valence-electron chi connectivity index (χ2n) is 6.23. The van der Waals surface area contributed by atoms with Gasteiger partial charge in [0.25, 0.3) is 0 Å². The fourth-order valence-electron chi connectivity index (χ4n) is 3.50. The minimum atomic E-state index is 0.149. The van der Waals surface area contributed by atoms with Crippen LogP contribution in [0, 0.1) is 5.92 Å². The highest BCUT2D eigenvalue weighted by atomic mass is 16.5. The van der Waals surface area contributed by atoms with Crippen LogP contribution in [-0.2, 0) is 6.42 Å². The van der Waals surface area contributed by atoms with Crippen LogP contribution in [0.15, 0.2) is 66.7 Å². The van der Waals surface area contributed by atoms with Crippen molar-refractivity contribution in [3.63, 3.8) is 0 Å². The first-order valence-electron chi connectivity index (χ1n) is 8.05. The third-order valence-electron chi connectivity index (χ3n) is 4.75. The lowest BCUT2D eigenvalue weighted by molar-refractivity contribution is 0.131. The van der Waals surface area contributed by atoms with Crippen LogP contribution in [0.2, 0.25) is 0 Å². The summed E-state index contributed by atoms with van der Waals surface area (Å²) in [6.07, 6.45) is 2.50. The monoisotopic (exact) mass is 288 g/mol. The summed E-state index contributed by atoms with van der Waals surface area (Å²) in [5.74, 6) is 1.53. The summed E-state index contributed by atoms with van der Waals surface area (Å²) in [7, 11) is 0. The van der Waals surface area contributed by atoms with Crippen molar-refractivity contribution in [2.24, 2.45) is 5.92 Å². The SMILES string of the molecule is CC1CCc2ccccc2[C@@H]1Oc1cccc2ccccc12. The van der Waals surface area contributed by atoms with E-state index in [2.05, 4.69) is 73.7 Å². The summed E-state index contributed by atoms with van der Waals surface area (Å²) < 4.78 is 6.51. The van der Waals surface area contributed by atoms with Crippen molar-refractivity contribution >= 4 is 10.8 Å². The van der Waals surface area contributed by atoms with Gasteiger partial charge in [-0.25, -0.2) is 0 Å². The molecule has 0 aromatic heterocycles. The van der Waals surface area contributed by atoms with E-state index in [1.165, 1.54) is 28.3 Å². The Kier molecular flexibility index (Phi) is 3.34. The van der Waals surface area contributed by atoms with Crippen LogP contribution in [0.25, 0.3) is 10.8 Å². The summed E-state index contributed by atoms with van der Waals surface area (Å²) >= 11 is 0. The maximum absolute atomic E-state index is 6.51. The second kappa shape index (κ2) is 5.49. The zero-order valence-corrected chi connectivity index (χ0v) is 12.8. The van der Waals surface area contributed by atoms with Crippen LogP contribution >= 0.6 is 0 Å². The predicted octanol–water partition coefficient (Wildman–Crippen LogP) is 5.54. The van der Waals surface area contributed by atoms with Crippen molar-refractivity contribution in [2.75, 3.05) is 0 Å². The average molecular weight is 288 g/mol. The molecular weight excluding hydrogens is 268 g/mol. The summed E-state index contributed by atoms with van der Waals surface area (Å²) in [6.45, 7) is 2.30. The molecule has 0 spiro atoms. The molecule has 0 saturated heterocycles. The first kappa shape index (κ1) is 13.4. The molecule has 0 N–H and O–H groups in total. The number of ether oxygens (including phenoxy) is 1. The van der Waals surface area contributed by atoms with Gasteiger partial charge < -0.3 is 4.74 Å². The van der Waals surface area contributed by atoms with E-state index in [4.69, 9.17) is 4.74 Å². The summed E-state index contributed by atoms with van der Waals surface area (Å²) in [4.78, 5) is 0. The Morgan fingerprint density at radius 1 is 0.864 bits per heavy atom. The van der Waals surface area contributed by atoms with Gasteiger partial charge in [0, 0.05) is 5.39 Å². The van der Waals surface area contributed by atoms with Crippen molar-refractivity contribution in [1.82, 2.24) is 0 Å². The number of hydrogen-bond donors (Lipinski definition) is 0. The average Bonchev–Trinajstić information content (AvgIpc) is 2.58. The molecule has 1 aliphatic rings. The van der Waals surface area contributed by atoms with Crippen LogP contribution in [0.1, 0.15) is 30.6 Å². The maximum atomic E-state index is 6.51. The molecular formula is C21H20O. The highest BCUT2D eigenvalue weighted by molar-refractivity contribution is 5.88. The lowest BCUT2D eigenvalue weighted by atomic mass is 9.82. The van der Waals surface area contributed by atoms with Gasteiger partial charge in [0.05, 0.1) is 0 Å². The van der Waals surface area contributed by atoms with Gasteiger partial charge in [0.2, 0.25) is 0 Å². The van der Waals surface area contributed by atoms with E-state index < -0.39 is 0 Å². The fraction of sp³-hybridized carbons (Fsp3) is 0.238. The Morgan fingerprint density at radius 2 is 1.64 bits per heavy atom. The number of rotatable bonds is 2. The predicted molar refractivity (Wildman–Crippen MR) is 91.2 cm³/mol. The highest BCUT2D eigenvalue weighted by Gasteiger charge is 2.28. The molecule has 1 aliphatic carbocycles. The third kappa shape index (κ3) is 2.27. The van der Waals surface area contributed by atoms with Crippen LogP contribution in [0.3, 0.4) is 0 Å². The van der Waals surface area contributed by atoms with Gasteiger partial charge >= 0.3 is 0 Å². The van der Waals surface area contributed by atoms with Gasteiger partial charge in [0.1, 0.15) is 11.9 Å². The largest absolute Gasteiger partial charge is 0.485 e. The van der Waals surface area contributed by atoms with E-state index in [0.717, 1.165) is 12.2 Å². The zero-order valence-electron chi connectivity index (χ0n) is 12.8. The van der Waals surface area contributed by atoms with Crippen molar-refractivity contribution in [3.05, 3.63) is 77.9 Å². The minimum Gasteiger partial charge on any atom is -0.485 e. The number of hydrogen-bond acceptors (Lipinski definition) is 1. The van der Waals surface area contributed by atoms with Crippen LogP contribution < -0.4 is 4.74 Å². The topological polar surface area (TPSA) is 9.23 Å². The molecule has 1 heteroatoms. The molecule has 0 bridgehead atoms. The first-order chi connectivity index (χ1) is 10.8. The van der Waals surface area contributed by atoms with Crippen molar-refractivity contribution in [1.29, 1.82) is 0 Å². The molecule has 0 heterocycles. The van der Waals surface area contributed by atoms with Crippen molar-refractivity contribution in [2.45, 2.75) is 25.9 Å². The standard InChI is InChI=1S/C21H20O/c1-15-13-14-17-8-3-5-11-19(17)21(15)22-20-12-6-9-16-7-2-4-10-18(16)20/h2-12,15,21H,13-14H2,1H3/t15?,21-/m1/s1. The van der Waals surface area contributed by atoms with Crippen molar-refractivity contribution in [3.8, 4) is 5.75 Å². The normalized spacial score (nSPS) is 20.6. The fourth-order valence-corrected chi connectivity index (χ4v) is 3.50. The van der Waals surface area contributed by atoms with E-state index in [9.17, 15) is 0 Å². The van der Waals surface area contributed by atoms with Gasteiger partial charge in [0.15, 0.2) is 0 Å².